The molecule has 0 fully saturated rings. The number of hydrogen-bond acceptors (Lipinski definition) is 9. The van der Waals surface area contributed by atoms with E-state index in [0.29, 0.717) is 72.3 Å². The van der Waals surface area contributed by atoms with Crippen LogP contribution in [-0.4, -0.2) is 103 Å². The summed E-state index contributed by atoms with van der Waals surface area (Å²) in [6.07, 6.45) is 2.34. The summed E-state index contributed by atoms with van der Waals surface area (Å²) in [5.74, 6) is 0. The zero-order valence-corrected chi connectivity index (χ0v) is 18.2. The SMILES string of the molecule is CCOC(CCCOCCOCCOCCOCCO)OCC.CS(=O)(=O)O. The molecule has 0 unspecified atom stereocenters. The van der Waals surface area contributed by atoms with E-state index in [-0.39, 0.29) is 12.9 Å². The van der Waals surface area contributed by atoms with Crippen molar-refractivity contribution in [3.8, 4) is 0 Å². The van der Waals surface area contributed by atoms with Crippen LogP contribution in [0.2, 0.25) is 0 Å². The number of aliphatic hydroxyl groups excluding tert-OH is 1. The third kappa shape index (κ3) is 33.2. The van der Waals surface area contributed by atoms with Crippen LogP contribution in [-0.2, 0) is 38.5 Å². The second-order valence-corrected chi connectivity index (χ2v) is 6.85. The molecule has 11 heteroatoms. The largest absolute Gasteiger partial charge is 0.394 e. The summed E-state index contributed by atoms with van der Waals surface area (Å²) in [5, 5.41) is 8.51. The lowest BCUT2D eigenvalue weighted by atomic mass is 10.3. The Kier molecular flexibility index (Phi) is 24.4. The zero-order valence-electron chi connectivity index (χ0n) is 17.3. The van der Waals surface area contributed by atoms with E-state index >= 15 is 0 Å². The summed E-state index contributed by atoms with van der Waals surface area (Å²) in [6.45, 7) is 9.55. The minimum absolute atomic E-state index is 0.0427. The van der Waals surface area contributed by atoms with Gasteiger partial charge in [0.15, 0.2) is 6.29 Å². The first-order chi connectivity index (χ1) is 13.3. The first-order valence-corrected chi connectivity index (χ1v) is 11.3. The number of aliphatic hydroxyl groups is 1. The van der Waals surface area contributed by atoms with Crippen molar-refractivity contribution < 1.29 is 46.5 Å². The molecular formula is C17H38O10S. The summed E-state index contributed by atoms with van der Waals surface area (Å²) < 4.78 is 58.0. The quantitative estimate of drug-likeness (QED) is 0.170. The molecule has 0 saturated heterocycles. The predicted octanol–water partition coefficient (Wildman–Crippen LogP) is 0.728. The van der Waals surface area contributed by atoms with Crippen molar-refractivity contribution in [2.75, 3.05) is 78.9 Å². The van der Waals surface area contributed by atoms with Gasteiger partial charge in [-0.05, 0) is 20.3 Å². The van der Waals surface area contributed by atoms with Crippen LogP contribution < -0.4 is 0 Å². The van der Waals surface area contributed by atoms with E-state index in [2.05, 4.69) is 0 Å². The summed E-state index contributed by atoms with van der Waals surface area (Å²) in [5.41, 5.74) is 0. The maximum Gasteiger partial charge on any atom is 0.261 e. The second-order valence-electron chi connectivity index (χ2n) is 5.39. The van der Waals surface area contributed by atoms with E-state index in [1.807, 2.05) is 13.8 Å². The van der Waals surface area contributed by atoms with E-state index in [4.69, 9.17) is 38.1 Å². The molecule has 0 aromatic heterocycles. The zero-order chi connectivity index (χ0) is 21.5. The molecule has 0 aliphatic rings. The number of hydrogen-bond donors (Lipinski definition) is 2. The highest BCUT2D eigenvalue weighted by Gasteiger charge is 2.06. The molecule has 2 N–H and O–H groups in total. The Morgan fingerprint density at radius 2 is 1.11 bits per heavy atom. The fraction of sp³-hybridized carbons (Fsp3) is 1.00. The van der Waals surface area contributed by atoms with Gasteiger partial charge in [-0.25, -0.2) is 0 Å². The molecule has 0 aliphatic carbocycles. The van der Waals surface area contributed by atoms with Gasteiger partial charge in [-0.15, -0.1) is 0 Å². The van der Waals surface area contributed by atoms with Gasteiger partial charge in [-0.3, -0.25) is 4.55 Å². The van der Waals surface area contributed by atoms with Gasteiger partial charge in [0.2, 0.25) is 0 Å². The Hall–Kier alpha value is -0.370. The van der Waals surface area contributed by atoms with Crippen LogP contribution in [0.15, 0.2) is 0 Å². The lowest BCUT2D eigenvalue weighted by Crippen LogP contribution is -2.18. The fourth-order valence-corrected chi connectivity index (χ4v) is 1.76. The van der Waals surface area contributed by atoms with Gasteiger partial charge in [0.1, 0.15) is 0 Å². The minimum atomic E-state index is -3.67. The van der Waals surface area contributed by atoms with Crippen LogP contribution in [0.1, 0.15) is 26.7 Å². The fourth-order valence-electron chi connectivity index (χ4n) is 1.76. The molecule has 0 rings (SSSR count). The lowest BCUT2D eigenvalue weighted by Gasteiger charge is -2.16. The van der Waals surface area contributed by atoms with E-state index in [1.54, 1.807) is 0 Å². The lowest BCUT2D eigenvalue weighted by molar-refractivity contribution is -0.141. The molecule has 0 spiro atoms. The smallest absolute Gasteiger partial charge is 0.261 e. The first-order valence-electron chi connectivity index (χ1n) is 9.42. The van der Waals surface area contributed by atoms with Crippen LogP contribution in [0.3, 0.4) is 0 Å². The normalized spacial score (nSPS) is 11.5. The Morgan fingerprint density at radius 3 is 1.46 bits per heavy atom. The molecular weight excluding hydrogens is 396 g/mol. The molecule has 10 nitrogen and oxygen atoms in total. The van der Waals surface area contributed by atoms with Gasteiger partial charge in [0.25, 0.3) is 10.1 Å². The minimum Gasteiger partial charge on any atom is -0.394 e. The van der Waals surface area contributed by atoms with Crippen molar-refractivity contribution in [2.45, 2.75) is 33.0 Å². The highest BCUT2D eigenvalue weighted by atomic mass is 32.2. The van der Waals surface area contributed by atoms with Gasteiger partial charge in [-0.2, -0.15) is 8.42 Å². The Labute approximate surface area is 169 Å². The van der Waals surface area contributed by atoms with Gasteiger partial charge in [-0.1, -0.05) is 0 Å². The van der Waals surface area contributed by atoms with Crippen molar-refractivity contribution in [1.82, 2.24) is 0 Å². The molecule has 0 atom stereocenters. The molecule has 0 bridgehead atoms. The summed E-state index contributed by atoms with van der Waals surface area (Å²) in [4.78, 5) is 0. The standard InChI is InChI=1S/C16H34O7.CH4O3S/c1-3-22-16(23-4-2)6-5-8-18-10-12-20-14-15-21-13-11-19-9-7-17;1-5(2,3)4/h16-17H,3-15H2,1-2H3;1H3,(H,2,3,4). The second kappa shape index (κ2) is 22.9. The average molecular weight is 435 g/mol. The van der Waals surface area contributed by atoms with Crippen molar-refractivity contribution in [3.05, 3.63) is 0 Å². The van der Waals surface area contributed by atoms with E-state index in [1.165, 1.54) is 0 Å². The van der Waals surface area contributed by atoms with Gasteiger partial charge < -0.3 is 33.5 Å². The number of rotatable bonds is 19. The summed E-state index contributed by atoms with van der Waals surface area (Å²) >= 11 is 0. The van der Waals surface area contributed by atoms with Crippen LogP contribution in [0.25, 0.3) is 0 Å². The highest BCUT2D eigenvalue weighted by Crippen LogP contribution is 2.04. The van der Waals surface area contributed by atoms with Crippen LogP contribution in [0.4, 0.5) is 0 Å². The Balaban J connectivity index is 0. The van der Waals surface area contributed by atoms with Crippen LogP contribution in [0, 0.1) is 0 Å². The topological polar surface area (TPSA) is 130 Å². The molecule has 172 valence electrons. The molecule has 0 heterocycles. The number of ether oxygens (including phenoxy) is 6. The maximum atomic E-state index is 9.19. The third-order valence-electron chi connectivity index (χ3n) is 2.79. The van der Waals surface area contributed by atoms with E-state index in [9.17, 15) is 8.42 Å². The highest BCUT2D eigenvalue weighted by molar-refractivity contribution is 7.85. The van der Waals surface area contributed by atoms with Crippen molar-refractivity contribution in [3.63, 3.8) is 0 Å². The Morgan fingerprint density at radius 1 is 0.750 bits per heavy atom. The average Bonchev–Trinajstić information content (AvgIpc) is 2.61. The monoisotopic (exact) mass is 434 g/mol. The van der Waals surface area contributed by atoms with Crippen molar-refractivity contribution >= 4 is 10.1 Å². The molecule has 0 aliphatic heterocycles. The van der Waals surface area contributed by atoms with E-state index < -0.39 is 10.1 Å². The van der Waals surface area contributed by atoms with E-state index in [0.717, 1.165) is 12.8 Å². The molecule has 28 heavy (non-hydrogen) atoms. The molecule has 0 aromatic rings. The molecule has 0 amide bonds. The summed E-state index contributed by atoms with van der Waals surface area (Å²) in [6, 6.07) is 0. The van der Waals surface area contributed by atoms with Crippen LogP contribution >= 0.6 is 0 Å². The molecule has 0 radical (unpaired) electrons. The van der Waals surface area contributed by atoms with Gasteiger partial charge >= 0.3 is 0 Å². The molecule has 0 aromatic carbocycles. The van der Waals surface area contributed by atoms with Crippen molar-refractivity contribution in [1.29, 1.82) is 0 Å². The maximum absolute atomic E-state index is 9.19. The van der Waals surface area contributed by atoms with Gasteiger partial charge in [0, 0.05) is 26.2 Å². The summed E-state index contributed by atoms with van der Waals surface area (Å²) in [7, 11) is -3.67. The third-order valence-corrected chi connectivity index (χ3v) is 2.79. The first kappa shape index (κ1) is 29.8. The molecule has 0 saturated carbocycles. The predicted molar refractivity (Wildman–Crippen MR) is 104 cm³/mol. The van der Waals surface area contributed by atoms with Gasteiger partial charge in [0.05, 0.1) is 59.1 Å². The Bertz CT molecular complexity index is 377. The van der Waals surface area contributed by atoms with Crippen molar-refractivity contribution in [2.24, 2.45) is 0 Å². The van der Waals surface area contributed by atoms with Crippen LogP contribution in [0.5, 0.6) is 0 Å².